The first-order valence-electron chi connectivity index (χ1n) is 11.1. The smallest absolute Gasteiger partial charge is 0.407 e. The summed E-state index contributed by atoms with van der Waals surface area (Å²) in [5.41, 5.74) is 4.87. The van der Waals surface area contributed by atoms with Crippen LogP contribution in [-0.2, 0) is 26.7 Å². The van der Waals surface area contributed by atoms with Gasteiger partial charge in [0, 0.05) is 13.7 Å². The number of rotatable bonds is 8. The molecular weight excluding hydrogens is 457 g/mol. The highest BCUT2D eigenvalue weighted by Gasteiger charge is 2.29. The third kappa shape index (κ3) is 5.54. The molecule has 176 valence electrons. The zero-order chi connectivity index (χ0) is 25.2. The molecule has 9 heteroatoms. The molecule has 0 radical (unpaired) electrons. The average molecular weight is 482 g/mol. The normalized spacial score (nSPS) is 14.9. The number of carboxylic acid groups (broad SMARTS) is 1. The summed E-state index contributed by atoms with van der Waals surface area (Å²) in [5.74, 6) is -1.41. The Hall–Kier alpha value is -3.45. The number of hydrogen-bond donors (Lipinski definition) is 4. The molecule has 0 aromatic heterocycles. The van der Waals surface area contributed by atoms with Gasteiger partial charge in [0.1, 0.15) is 12.6 Å². The molecule has 1 aliphatic rings. The summed E-state index contributed by atoms with van der Waals surface area (Å²) in [7, 11) is -4.61. The highest BCUT2D eigenvalue weighted by Crippen LogP contribution is 2.44. The predicted molar refractivity (Wildman–Crippen MR) is 126 cm³/mol. The van der Waals surface area contributed by atoms with Gasteiger partial charge < -0.3 is 24.9 Å². The van der Waals surface area contributed by atoms with Gasteiger partial charge in [-0.15, -0.1) is 0 Å². The Kier molecular flexibility index (Phi) is 6.45. The van der Waals surface area contributed by atoms with Crippen LogP contribution in [0.3, 0.4) is 0 Å². The van der Waals surface area contributed by atoms with Crippen LogP contribution in [0.15, 0.2) is 72.8 Å². The van der Waals surface area contributed by atoms with E-state index in [9.17, 15) is 19.3 Å². The number of benzene rings is 3. The van der Waals surface area contributed by atoms with Gasteiger partial charge in [0.25, 0.3) is 0 Å². The van der Waals surface area contributed by atoms with Crippen molar-refractivity contribution in [1.29, 1.82) is 0 Å². The minimum absolute atomic E-state index is 0.0498. The summed E-state index contributed by atoms with van der Waals surface area (Å²) < 4.78 is 24.3. The second kappa shape index (κ2) is 9.81. The van der Waals surface area contributed by atoms with Crippen LogP contribution in [0, 0.1) is 0 Å². The lowest BCUT2D eigenvalue weighted by atomic mass is 9.98. The number of nitrogens with one attached hydrogen (secondary N) is 1. The second-order valence-corrected chi connectivity index (χ2v) is 9.46. The van der Waals surface area contributed by atoms with Gasteiger partial charge in [-0.2, -0.15) is 0 Å². The standard InChI is InChI=1S/C25H24NO7P/c27-24(28)23(13-16-9-11-17(12-10-16)15-34(30,31)32)26-25(29)33-14-22-20-7-3-1-5-18(20)19-6-2-4-8-21(19)22/h1-12,22-23H,13-15H2,(H,26,29)(H,27,28)(H2,30,31,32)/t23-/m0/s1/i15D/t15?,23-. The van der Waals surface area contributed by atoms with Crippen LogP contribution in [0.1, 0.15) is 29.5 Å². The van der Waals surface area contributed by atoms with Gasteiger partial charge in [-0.1, -0.05) is 72.8 Å². The summed E-state index contributed by atoms with van der Waals surface area (Å²) >= 11 is 0. The van der Waals surface area contributed by atoms with Crippen molar-refractivity contribution in [1.82, 2.24) is 5.32 Å². The molecule has 4 rings (SSSR count). The summed E-state index contributed by atoms with van der Waals surface area (Å²) in [6.45, 7) is 0.0498. The Morgan fingerprint density at radius 3 is 2.00 bits per heavy atom. The lowest BCUT2D eigenvalue weighted by molar-refractivity contribution is -0.139. The molecule has 0 saturated carbocycles. The van der Waals surface area contributed by atoms with Crippen molar-refractivity contribution in [3.05, 3.63) is 95.1 Å². The number of alkyl carbamates (subject to hydrolysis) is 1. The van der Waals surface area contributed by atoms with E-state index in [1.807, 2.05) is 48.5 Å². The van der Waals surface area contributed by atoms with E-state index in [0.717, 1.165) is 22.3 Å². The molecule has 0 fully saturated rings. The molecule has 0 bridgehead atoms. The molecule has 3 aromatic rings. The molecule has 1 unspecified atom stereocenters. The zero-order valence-corrected chi connectivity index (χ0v) is 18.9. The van der Waals surface area contributed by atoms with Crippen molar-refractivity contribution >= 4 is 19.7 Å². The molecule has 8 nitrogen and oxygen atoms in total. The summed E-state index contributed by atoms with van der Waals surface area (Å²) in [5, 5.41) is 11.9. The predicted octanol–water partition coefficient (Wildman–Crippen LogP) is 3.90. The molecule has 0 aliphatic heterocycles. The number of ether oxygens (including phenoxy) is 1. The van der Waals surface area contributed by atoms with E-state index in [2.05, 4.69) is 5.32 Å². The van der Waals surface area contributed by atoms with Crippen LogP contribution < -0.4 is 5.32 Å². The molecule has 3 aromatic carbocycles. The van der Waals surface area contributed by atoms with Crippen molar-refractivity contribution in [3.8, 4) is 11.1 Å². The molecular formula is C25H24NO7P. The Labute approximate surface area is 197 Å². The minimum Gasteiger partial charge on any atom is -0.480 e. The summed E-state index contributed by atoms with van der Waals surface area (Å²) in [6.07, 6.45) is -2.65. The van der Waals surface area contributed by atoms with Gasteiger partial charge >= 0.3 is 19.7 Å². The van der Waals surface area contributed by atoms with Crippen molar-refractivity contribution in [2.75, 3.05) is 6.61 Å². The fourth-order valence-electron chi connectivity index (χ4n) is 4.15. The highest BCUT2D eigenvalue weighted by molar-refractivity contribution is 7.50. The number of carbonyl (C=O) groups excluding carboxylic acids is 1. The Bertz CT molecular complexity index is 1250. The van der Waals surface area contributed by atoms with E-state index >= 15 is 0 Å². The van der Waals surface area contributed by atoms with Crippen molar-refractivity contribution in [2.45, 2.75) is 24.5 Å². The number of aliphatic carboxylic acids is 1. The van der Waals surface area contributed by atoms with Gasteiger partial charge in [-0.05, 0) is 33.4 Å². The van der Waals surface area contributed by atoms with E-state index < -0.39 is 31.8 Å². The van der Waals surface area contributed by atoms with Crippen molar-refractivity contribution < 1.29 is 35.2 Å². The molecule has 2 atom stereocenters. The molecule has 0 spiro atoms. The van der Waals surface area contributed by atoms with Gasteiger partial charge in [-0.3, -0.25) is 4.57 Å². The Morgan fingerprint density at radius 1 is 0.941 bits per heavy atom. The van der Waals surface area contributed by atoms with Crippen molar-refractivity contribution in [3.63, 3.8) is 0 Å². The van der Waals surface area contributed by atoms with Gasteiger partial charge in [0.2, 0.25) is 0 Å². The minimum atomic E-state index is -4.61. The number of carboxylic acids is 1. The molecule has 4 N–H and O–H groups in total. The van der Waals surface area contributed by atoms with Crippen LogP contribution in [-0.4, -0.2) is 39.6 Å². The Balaban J connectivity index is 1.40. The van der Waals surface area contributed by atoms with Crippen LogP contribution in [0.4, 0.5) is 4.79 Å². The molecule has 0 heterocycles. The molecule has 0 saturated heterocycles. The topological polar surface area (TPSA) is 133 Å². The van der Waals surface area contributed by atoms with Crippen molar-refractivity contribution in [2.24, 2.45) is 0 Å². The van der Waals surface area contributed by atoms with Gasteiger partial charge in [0.15, 0.2) is 0 Å². The SMILES string of the molecule is [2H]C(c1ccc(C[C@H](NC(=O)OCC2c3ccccc3-c3ccccc32)C(=O)O)cc1)P(=O)(O)O. The molecule has 34 heavy (non-hydrogen) atoms. The van der Waals surface area contributed by atoms with Crippen LogP contribution >= 0.6 is 7.60 Å². The maximum Gasteiger partial charge on any atom is 0.407 e. The quantitative estimate of drug-likeness (QED) is 0.358. The van der Waals surface area contributed by atoms with Crippen LogP contribution in [0.5, 0.6) is 0 Å². The third-order valence-electron chi connectivity index (χ3n) is 5.67. The largest absolute Gasteiger partial charge is 0.480 e. The average Bonchev–Trinajstić information content (AvgIpc) is 3.15. The fraction of sp³-hybridized carbons (Fsp3) is 0.200. The number of amides is 1. The van der Waals surface area contributed by atoms with Crippen LogP contribution in [0.2, 0.25) is 0 Å². The second-order valence-electron chi connectivity index (χ2n) is 8.02. The van der Waals surface area contributed by atoms with E-state index in [1.54, 1.807) is 0 Å². The first kappa shape index (κ1) is 22.3. The number of hydrogen-bond acceptors (Lipinski definition) is 4. The number of fused-ring (bicyclic) bond motifs is 3. The number of carbonyl (C=O) groups is 2. The fourth-order valence-corrected chi connectivity index (χ4v) is 4.71. The lowest BCUT2D eigenvalue weighted by Crippen LogP contribution is -2.42. The zero-order valence-electron chi connectivity index (χ0n) is 19.0. The molecule has 1 amide bonds. The Morgan fingerprint density at radius 2 is 1.47 bits per heavy atom. The third-order valence-corrected chi connectivity index (χ3v) is 6.31. The van der Waals surface area contributed by atoms with E-state index in [4.69, 9.17) is 15.9 Å². The summed E-state index contributed by atoms with van der Waals surface area (Å²) in [4.78, 5) is 42.5. The maximum absolute atomic E-state index is 12.5. The van der Waals surface area contributed by atoms with Crippen LogP contribution in [0.25, 0.3) is 11.1 Å². The summed E-state index contributed by atoms with van der Waals surface area (Å²) in [6, 6.07) is 20.1. The lowest BCUT2D eigenvalue weighted by Gasteiger charge is -2.17. The maximum atomic E-state index is 12.5. The molecule has 1 aliphatic carbocycles. The van der Waals surface area contributed by atoms with Gasteiger partial charge in [0.05, 0.1) is 6.14 Å². The van der Waals surface area contributed by atoms with E-state index in [0.29, 0.717) is 5.56 Å². The monoisotopic (exact) mass is 482 g/mol. The highest BCUT2D eigenvalue weighted by atomic mass is 31.2. The van der Waals surface area contributed by atoms with E-state index in [-0.39, 0.29) is 24.5 Å². The first-order valence-corrected chi connectivity index (χ1v) is 12.2. The first-order chi connectivity index (χ1) is 16.6. The van der Waals surface area contributed by atoms with Gasteiger partial charge in [-0.25, -0.2) is 9.59 Å². The van der Waals surface area contributed by atoms with E-state index in [1.165, 1.54) is 24.3 Å².